The highest BCUT2D eigenvalue weighted by molar-refractivity contribution is 8.00. The van der Waals surface area contributed by atoms with E-state index in [1.165, 1.54) is 18.2 Å². The Morgan fingerprint density at radius 1 is 1.26 bits per heavy atom. The Bertz CT molecular complexity index is 302. The number of hydrogen-bond acceptors (Lipinski definition) is 4. The highest BCUT2D eigenvalue weighted by Gasteiger charge is 2.21. The maximum Gasteiger partial charge on any atom is 0.230 e. The molecule has 0 aromatic rings. The third kappa shape index (κ3) is 7.42. The van der Waals surface area contributed by atoms with E-state index in [1.54, 1.807) is 0 Å². The van der Waals surface area contributed by atoms with Crippen molar-refractivity contribution < 1.29 is 9.59 Å². The predicted molar refractivity (Wildman–Crippen MR) is 78.9 cm³/mol. The lowest BCUT2D eigenvalue weighted by atomic mass is 9.92. The Morgan fingerprint density at radius 3 is 2.47 bits per heavy atom. The van der Waals surface area contributed by atoms with Gasteiger partial charge in [-0.25, -0.2) is 0 Å². The molecule has 0 aliphatic carbocycles. The van der Waals surface area contributed by atoms with Crippen molar-refractivity contribution in [2.45, 2.75) is 20.3 Å². The van der Waals surface area contributed by atoms with Gasteiger partial charge in [0, 0.05) is 26.2 Å². The fraction of sp³-hybridized carbons (Fsp3) is 0.846. The zero-order valence-corrected chi connectivity index (χ0v) is 12.7. The second-order valence-corrected chi connectivity index (χ2v) is 6.50. The first-order valence-electron chi connectivity index (χ1n) is 6.82. The molecule has 0 aromatic heterocycles. The van der Waals surface area contributed by atoms with Crippen molar-refractivity contribution in [3.05, 3.63) is 0 Å². The van der Waals surface area contributed by atoms with Gasteiger partial charge in [0.05, 0.1) is 11.5 Å². The summed E-state index contributed by atoms with van der Waals surface area (Å²) in [5.74, 6) is 1.58. The minimum Gasteiger partial charge on any atom is -0.369 e. The van der Waals surface area contributed by atoms with E-state index in [9.17, 15) is 9.59 Å². The number of piperidine rings is 1. The number of hydrogen-bond donors (Lipinski definition) is 2. The fourth-order valence-electron chi connectivity index (χ4n) is 2.62. The molecule has 2 amide bonds. The minimum absolute atomic E-state index is 0.0237. The summed E-state index contributed by atoms with van der Waals surface area (Å²) in [6.07, 6.45) is 1.30. The number of primary amides is 1. The maximum atomic E-state index is 11.5. The fourth-order valence-corrected chi connectivity index (χ4v) is 3.21. The van der Waals surface area contributed by atoms with Crippen LogP contribution in [0, 0.1) is 11.8 Å². The van der Waals surface area contributed by atoms with Crippen LogP contribution in [0.5, 0.6) is 0 Å². The predicted octanol–water partition coefficient (Wildman–Crippen LogP) is 0.299. The van der Waals surface area contributed by atoms with Gasteiger partial charge in [-0.15, -0.1) is 11.8 Å². The van der Waals surface area contributed by atoms with Crippen molar-refractivity contribution in [1.29, 1.82) is 0 Å². The summed E-state index contributed by atoms with van der Waals surface area (Å²) in [6, 6.07) is 0. The number of rotatable bonds is 7. The highest BCUT2D eigenvalue weighted by atomic mass is 32.2. The Morgan fingerprint density at radius 2 is 1.89 bits per heavy atom. The first-order chi connectivity index (χ1) is 8.97. The molecule has 1 heterocycles. The topological polar surface area (TPSA) is 75.4 Å². The molecule has 6 heteroatoms. The van der Waals surface area contributed by atoms with Crippen LogP contribution < -0.4 is 11.1 Å². The van der Waals surface area contributed by atoms with Crippen LogP contribution in [0.15, 0.2) is 0 Å². The van der Waals surface area contributed by atoms with E-state index >= 15 is 0 Å². The standard InChI is InChI=1S/C13H25N3O2S/c1-10-5-11(2)7-16(6-10)4-3-15-13(18)9-19-8-12(14)17/h10-11H,3-9H2,1-2H3,(H2,14,17)(H,15,18). The van der Waals surface area contributed by atoms with Crippen molar-refractivity contribution >= 4 is 23.6 Å². The molecule has 3 N–H and O–H groups in total. The van der Waals surface area contributed by atoms with Crippen molar-refractivity contribution in [3.63, 3.8) is 0 Å². The normalized spacial score (nSPS) is 24.1. The second-order valence-electron chi connectivity index (χ2n) is 5.51. The van der Waals surface area contributed by atoms with E-state index in [0.29, 0.717) is 12.3 Å². The van der Waals surface area contributed by atoms with Gasteiger partial charge in [-0.3, -0.25) is 9.59 Å². The quantitative estimate of drug-likeness (QED) is 0.706. The van der Waals surface area contributed by atoms with Crippen LogP contribution in [0.25, 0.3) is 0 Å². The molecule has 1 fully saturated rings. The highest BCUT2D eigenvalue weighted by Crippen LogP contribution is 2.20. The average Bonchev–Trinajstić information content (AvgIpc) is 2.27. The van der Waals surface area contributed by atoms with Gasteiger partial charge < -0.3 is 16.0 Å². The number of nitrogens with one attached hydrogen (secondary N) is 1. The summed E-state index contributed by atoms with van der Waals surface area (Å²) in [5, 5.41) is 2.88. The summed E-state index contributed by atoms with van der Waals surface area (Å²) in [4.78, 5) is 24.4. The molecule has 0 aromatic carbocycles. The summed E-state index contributed by atoms with van der Waals surface area (Å²) in [5.41, 5.74) is 5.00. The minimum atomic E-state index is -0.380. The SMILES string of the molecule is CC1CC(C)CN(CCNC(=O)CSCC(N)=O)C1. The van der Waals surface area contributed by atoms with E-state index in [1.807, 2.05) is 0 Å². The van der Waals surface area contributed by atoms with Crippen LogP contribution in [0.1, 0.15) is 20.3 Å². The molecule has 2 atom stereocenters. The summed E-state index contributed by atoms with van der Waals surface area (Å²) in [6.45, 7) is 8.38. The molecule has 19 heavy (non-hydrogen) atoms. The Hall–Kier alpha value is -0.750. The Kier molecular flexibility index (Phi) is 7.23. The molecule has 110 valence electrons. The van der Waals surface area contributed by atoms with E-state index < -0.39 is 0 Å². The van der Waals surface area contributed by atoms with Crippen molar-refractivity contribution in [2.24, 2.45) is 17.6 Å². The van der Waals surface area contributed by atoms with Crippen LogP contribution >= 0.6 is 11.8 Å². The molecule has 0 radical (unpaired) electrons. The number of amides is 2. The third-order valence-electron chi connectivity index (χ3n) is 3.17. The largest absolute Gasteiger partial charge is 0.369 e. The van der Waals surface area contributed by atoms with E-state index in [4.69, 9.17) is 5.73 Å². The molecule has 1 rings (SSSR count). The molecule has 1 saturated heterocycles. The number of nitrogens with zero attached hydrogens (tertiary/aromatic N) is 1. The number of likely N-dealkylation sites (tertiary alicyclic amines) is 1. The molecular weight excluding hydrogens is 262 g/mol. The first-order valence-corrected chi connectivity index (χ1v) is 7.98. The van der Waals surface area contributed by atoms with Crippen molar-refractivity contribution in [3.8, 4) is 0 Å². The lowest BCUT2D eigenvalue weighted by Crippen LogP contribution is -2.43. The lowest BCUT2D eigenvalue weighted by molar-refractivity contribution is -0.118. The number of thioether (sulfide) groups is 1. The van der Waals surface area contributed by atoms with Gasteiger partial charge in [0.15, 0.2) is 0 Å². The number of nitrogens with two attached hydrogens (primary N) is 1. The van der Waals surface area contributed by atoms with Gasteiger partial charge >= 0.3 is 0 Å². The van der Waals surface area contributed by atoms with Crippen LogP contribution in [-0.2, 0) is 9.59 Å². The lowest BCUT2D eigenvalue weighted by Gasteiger charge is -2.34. The molecule has 5 nitrogen and oxygen atoms in total. The van der Waals surface area contributed by atoms with Gasteiger partial charge in [0.25, 0.3) is 0 Å². The molecule has 0 bridgehead atoms. The van der Waals surface area contributed by atoms with Gasteiger partial charge in [-0.05, 0) is 18.3 Å². The van der Waals surface area contributed by atoms with Crippen LogP contribution in [-0.4, -0.2) is 54.4 Å². The van der Waals surface area contributed by atoms with E-state index in [0.717, 1.165) is 31.5 Å². The molecule has 1 aliphatic heterocycles. The molecule has 0 spiro atoms. The van der Waals surface area contributed by atoms with Crippen LogP contribution in [0.3, 0.4) is 0 Å². The smallest absolute Gasteiger partial charge is 0.230 e. The molecule has 1 aliphatic rings. The summed E-state index contributed by atoms with van der Waals surface area (Å²) in [7, 11) is 0. The molecule has 0 saturated carbocycles. The number of carbonyl (C=O) groups is 2. The zero-order valence-electron chi connectivity index (χ0n) is 11.9. The van der Waals surface area contributed by atoms with Gasteiger partial charge in [0.2, 0.25) is 11.8 Å². The summed E-state index contributed by atoms with van der Waals surface area (Å²) >= 11 is 1.26. The first kappa shape index (κ1) is 16.3. The number of carbonyl (C=O) groups excluding carboxylic acids is 2. The summed E-state index contributed by atoms with van der Waals surface area (Å²) < 4.78 is 0. The average molecular weight is 287 g/mol. The monoisotopic (exact) mass is 287 g/mol. The second kappa shape index (κ2) is 8.43. The zero-order chi connectivity index (χ0) is 14.3. The van der Waals surface area contributed by atoms with Crippen LogP contribution in [0.4, 0.5) is 0 Å². The Labute approximate surface area is 119 Å². The molecular formula is C13H25N3O2S. The van der Waals surface area contributed by atoms with Gasteiger partial charge in [-0.2, -0.15) is 0 Å². The van der Waals surface area contributed by atoms with Gasteiger partial charge in [0.1, 0.15) is 0 Å². The van der Waals surface area contributed by atoms with Crippen molar-refractivity contribution in [2.75, 3.05) is 37.7 Å². The van der Waals surface area contributed by atoms with Crippen molar-refractivity contribution in [1.82, 2.24) is 10.2 Å². The third-order valence-corrected chi connectivity index (χ3v) is 4.13. The van der Waals surface area contributed by atoms with E-state index in [-0.39, 0.29) is 17.6 Å². The maximum absolute atomic E-state index is 11.5. The molecule has 2 unspecified atom stereocenters. The van der Waals surface area contributed by atoms with E-state index in [2.05, 4.69) is 24.1 Å². The van der Waals surface area contributed by atoms with Crippen LogP contribution in [0.2, 0.25) is 0 Å². The Balaban J connectivity index is 2.09. The van der Waals surface area contributed by atoms with Gasteiger partial charge in [-0.1, -0.05) is 13.8 Å².